The van der Waals surface area contributed by atoms with E-state index < -0.39 is 10.5 Å². The molecule has 138 valence electrons. The summed E-state index contributed by atoms with van der Waals surface area (Å²) in [5, 5.41) is 11.8. The second-order valence-corrected chi connectivity index (χ2v) is 7.24. The van der Waals surface area contributed by atoms with Crippen LogP contribution in [0.1, 0.15) is 20.8 Å². The van der Waals surface area contributed by atoms with Crippen molar-refractivity contribution in [1.29, 1.82) is 0 Å². The number of nitro groups is 1. The van der Waals surface area contributed by atoms with Crippen molar-refractivity contribution in [3.63, 3.8) is 0 Å². The molecule has 8 nitrogen and oxygen atoms in total. The average molecular weight is 358 g/mol. The van der Waals surface area contributed by atoms with E-state index in [0.29, 0.717) is 31.7 Å². The number of nitro benzene ring substituents is 1. The summed E-state index contributed by atoms with van der Waals surface area (Å²) in [6, 6.07) is 6.60. The molecule has 1 amide bonds. The largest absolute Gasteiger partial charge is 0.444 e. The van der Waals surface area contributed by atoms with Gasteiger partial charge in [-0.2, -0.15) is 0 Å². The predicted octanol–water partition coefficient (Wildman–Crippen LogP) is 3.20. The van der Waals surface area contributed by atoms with Gasteiger partial charge in [-0.15, -0.1) is 0 Å². The van der Waals surface area contributed by atoms with Gasteiger partial charge in [0.1, 0.15) is 5.60 Å². The summed E-state index contributed by atoms with van der Waals surface area (Å²) >= 11 is 0. The Balaban J connectivity index is 1.75. The number of benzene rings is 1. The number of aromatic nitrogens is 1. The number of fused-ring (bicyclic) bond motifs is 1. The number of hydrogen-bond donors (Lipinski definition) is 0. The van der Waals surface area contributed by atoms with E-state index in [0.717, 1.165) is 11.1 Å². The van der Waals surface area contributed by atoms with E-state index in [4.69, 9.17) is 4.74 Å². The normalized spacial score (nSPS) is 15.2. The van der Waals surface area contributed by atoms with E-state index in [9.17, 15) is 14.9 Å². The first kappa shape index (κ1) is 17.9. The third-order valence-corrected chi connectivity index (χ3v) is 4.19. The second-order valence-electron chi connectivity index (χ2n) is 7.24. The third kappa shape index (κ3) is 3.84. The number of hydrogen-bond acceptors (Lipinski definition) is 6. The number of amides is 1. The summed E-state index contributed by atoms with van der Waals surface area (Å²) in [5.41, 5.74) is 1.07. The van der Waals surface area contributed by atoms with E-state index >= 15 is 0 Å². The predicted molar refractivity (Wildman–Crippen MR) is 98.4 cm³/mol. The van der Waals surface area contributed by atoms with Gasteiger partial charge in [0.05, 0.1) is 10.4 Å². The Morgan fingerprint density at radius 3 is 2.50 bits per heavy atom. The molecule has 8 heteroatoms. The molecule has 1 aliphatic rings. The smallest absolute Gasteiger partial charge is 0.410 e. The molecule has 0 aliphatic carbocycles. The molecule has 0 radical (unpaired) electrons. The van der Waals surface area contributed by atoms with Gasteiger partial charge in [-0.05, 0) is 32.9 Å². The fourth-order valence-corrected chi connectivity index (χ4v) is 2.97. The first-order valence-electron chi connectivity index (χ1n) is 8.51. The standard InChI is InChI=1S/C18H22N4O4/c1-18(2,3)26-17(23)21-10-8-20(9-11-21)16-6-7-19-15-12-13(22(24)25)4-5-14(15)16/h4-7,12H,8-11H2,1-3H3. The fraction of sp³-hybridized carbons (Fsp3) is 0.444. The molecular formula is C18H22N4O4. The number of non-ortho nitro benzene ring substituents is 1. The Labute approximate surface area is 151 Å². The SMILES string of the molecule is CC(C)(C)OC(=O)N1CCN(c2ccnc3cc([N+](=O)[O-])ccc23)CC1. The molecule has 0 unspecified atom stereocenters. The molecule has 0 saturated carbocycles. The van der Waals surface area contributed by atoms with Crippen LogP contribution in [0.15, 0.2) is 30.5 Å². The second kappa shape index (κ2) is 6.78. The Kier molecular flexibility index (Phi) is 4.67. The van der Waals surface area contributed by atoms with Crippen LogP contribution in [0.3, 0.4) is 0 Å². The molecule has 1 saturated heterocycles. The number of nitrogens with zero attached hydrogens (tertiary/aromatic N) is 4. The van der Waals surface area contributed by atoms with Gasteiger partial charge in [-0.3, -0.25) is 15.1 Å². The summed E-state index contributed by atoms with van der Waals surface area (Å²) < 4.78 is 5.42. The van der Waals surface area contributed by atoms with Crippen molar-refractivity contribution in [2.45, 2.75) is 26.4 Å². The molecule has 1 aliphatic heterocycles. The minimum absolute atomic E-state index is 0.0249. The lowest BCUT2D eigenvalue weighted by molar-refractivity contribution is -0.384. The van der Waals surface area contributed by atoms with Crippen LogP contribution >= 0.6 is 0 Å². The van der Waals surface area contributed by atoms with Crippen LogP contribution in [-0.4, -0.2) is 52.7 Å². The van der Waals surface area contributed by atoms with Gasteiger partial charge in [0.2, 0.25) is 0 Å². The van der Waals surface area contributed by atoms with Crippen molar-refractivity contribution in [2.75, 3.05) is 31.1 Å². The van der Waals surface area contributed by atoms with E-state index in [2.05, 4.69) is 9.88 Å². The third-order valence-electron chi connectivity index (χ3n) is 4.19. The summed E-state index contributed by atoms with van der Waals surface area (Å²) in [7, 11) is 0. The van der Waals surface area contributed by atoms with Crippen molar-refractivity contribution in [3.05, 3.63) is 40.6 Å². The lowest BCUT2D eigenvalue weighted by Gasteiger charge is -2.37. The van der Waals surface area contributed by atoms with Gasteiger partial charge in [0, 0.05) is 55.6 Å². The van der Waals surface area contributed by atoms with Crippen LogP contribution in [0.25, 0.3) is 10.9 Å². The van der Waals surface area contributed by atoms with Crippen molar-refractivity contribution in [2.24, 2.45) is 0 Å². The van der Waals surface area contributed by atoms with E-state index in [1.54, 1.807) is 17.2 Å². The van der Waals surface area contributed by atoms with Crippen molar-refractivity contribution >= 4 is 28.4 Å². The highest BCUT2D eigenvalue weighted by Crippen LogP contribution is 2.29. The van der Waals surface area contributed by atoms with Crippen LogP contribution in [0.2, 0.25) is 0 Å². The first-order chi connectivity index (χ1) is 12.2. The Bertz CT molecular complexity index is 839. The molecule has 0 N–H and O–H groups in total. The van der Waals surface area contributed by atoms with Crippen molar-refractivity contribution < 1.29 is 14.5 Å². The molecule has 0 spiro atoms. The molecule has 0 bridgehead atoms. The zero-order chi connectivity index (χ0) is 18.9. The van der Waals surface area contributed by atoms with Crippen molar-refractivity contribution in [1.82, 2.24) is 9.88 Å². The van der Waals surface area contributed by atoms with Gasteiger partial charge < -0.3 is 14.5 Å². The average Bonchev–Trinajstić information content (AvgIpc) is 2.59. The summed E-state index contributed by atoms with van der Waals surface area (Å²) in [6.07, 6.45) is 1.36. The number of carbonyl (C=O) groups excluding carboxylic acids is 1. The molecule has 0 atom stereocenters. The van der Waals surface area contributed by atoms with Gasteiger partial charge >= 0.3 is 6.09 Å². The number of rotatable bonds is 2. The van der Waals surface area contributed by atoms with Gasteiger partial charge in [0.15, 0.2) is 0 Å². The lowest BCUT2D eigenvalue weighted by atomic mass is 10.1. The van der Waals surface area contributed by atoms with Crippen LogP contribution in [-0.2, 0) is 4.74 Å². The maximum Gasteiger partial charge on any atom is 0.410 e. The summed E-state index contributed by atoms with van der Waals surface area (Å²) in [6.45, 7) is 8.00. The minimum Gasteiger partial charge on any atom is -0.444 e. The maximum atomic E-state index is 12.2. The van der Waals surface area contributed by atoms with Crippen LogP contribution in [0, 0.1) is 10.1 Å². The minimum atomic E-state index is -0.510. The van der Waals surface area contributed by atoms with Crippen LogP contribution < -0.4 is 4.90 Å². The molecule has 26 heavy (non-hydrogen) atoms. The van der Waals surface area contributed by atoms with Crippen molar-refractivity contribution in [3.8, 4) is 0 Å². The number of anilines is 1. The molecule has 2 aromatic rings. The Hall–Kier alpha value is -2.90. The maximum absolute atomic E-state index is 12.2. The lowest BCUT2D eigenvalue weighted by Crippen LogP contribution is -2.50. The highest BCUT2D eigenvalue weighted by atomic mass is 16.6. The highest BCUT2D eigenvalue weighted by molar-refractivity contribution is 5.92. The van der Waals surface area contributed by atoms with Gasteiger partial charge in [-0.25, -0.2) is 4.79 Å². The zero-order valence-corrected chi connectivity index (χ0v) is 15.1. The van der Waals surface area contributed by atoms with E-state index in [1.165, 1.54) is 12.1 Å². The number of ether oxygens (including phenoxy) is 1. The topological polar surface area (TPSA) is 88.8 Å². The van der Waals surface area contributed by atoms with Crippen LogP contribution in [0.4, 0.5) is 16.2 Å². The highest BCUT2D eigenvalue weighted by Gasteiger charge is 2.26. The van der Waals surface area contributed by atoms with E-state index in [1.807, 2.05) is 26.8 Å². The summed E-state index contributed by atoms with van der Waals surface area (Å²) in [4.78, 5) is 30.8. The van der Waals surface area contributed by atoms with Gasteiger partial charge in [-0.1, -0.05) is 0 Å². The monoisotopic (exact) mass is 358 g/mol. The molecule has 3 rings (SSSR count). The quantitative estimate of drug-likeness (QED) is 0.605. The summed E-state index contributed by atoms with van der Waals surface area (Å²) in [5.74, 6) is 0. The molecular weight excluding hydrogens is 336 g/mol. The number of pyridine rings is 1. The van der Waals surface area contributed by atoms with E-state index in [-0.39, 0.29) is 11.8 Å². The molecule has 2 heterocycles. The van der Waals surface area contributed by atoms with Crippen LogP contribution in [0.5, 0.6) is 0 Å². The molecule has 1 aromatic carbocycles. The van der Waals surface area contributed by atoms with Gasteiger partial charge in [0.25, 0.3) is 5.69 Å². The Morgan fingerprint density at radius 2 is 1.88 bits per heavy atom. The first-order valence-corrected chi connectivity index (χ1v) is 8.51. The Morgan fingerprint density at radius 1 is 1.19 bits per heavy atom. The number of piperazine rings is 1. The fourth-order valence-electron chi connectivity index (χ4n) is 2.97. The zero-order valence-electron chi connectivity index (χ0n) is 15.1. The molecule has 1 fully saturated rings. The molecule has 1 aromatic heterocycles. The number of carbonyl (C=O) groups is 1.